The first-order valence-electron chi connectivity index (χ1n) is 7.81. The molecule has 0 unspecified atom stereocenters. The summed E-state index contributed by atoms with van der Waals surface area (Å²) in [5, 5.41) is 19.1. The van der Waals surface area contributed by atoms with Crippen molar-refractivity contribution in [2.24, 2.45) is 0 Å². The summed E-state index contributed by atoms with van der Waals surface area (Å²) >= 11 is 0. The molecule has 1 aliphatic heterocycles. The van der Waals surface area contributed by atoms with Crippen molar-refractivity contribution in [2.75, 3.05) is 25.1 Å². The molecule has 0 aliphatic carbocycles. The predicted octanol–water partition coefficient (Wildman–Crippen LogP) is 1.37. The Labute approximate surface area is 139 Å². The van der Waals surface area contributed by atoms with Crippen LogP contribution in [0.4, 0.5) is 5.82 Å². The molecule has 1 atom stereocenters. The Bertz CT molecular complexity index is 794. The molecule has 24 heavy (non-hydrogen) atoms. The number of hydrogen-bond acceptors (Lipinski definition) is 7. The third-order valence-electron chi connectivity index (χ3n) is 4.18. The van der Waals surface area contributed by atoms with E-state index in [1.165, 1.54) is 7.11 Å². The van der Waals surface area contributed by atoms with Crippen molar-refractivity contribution >= 4 is 22.8 Å². The largest absolute Gasteiger partial charge is 0.468 e. The van der Waals surface area contributed by atoms with Gasteiger partial charge in [-0.15, -0.1) is 0 Å². The minimum Gasteiger partial charge on any atom is -0.468 e. The van der Waals surface area contributed by atoms with Gasteiger partial charge in [0.1, 0.15) is 5.69 Å². The first kappa shape index (κ1) is 16.1. The monoisotopic (exact) mass is 326 g/mol. The van der Waals surface area contributed by atoms with Gasteiger partial charge in [-0.05, 0) is 25.0 Å². The van der Waals surface area contributed by atoms with E-state index in [-0.39, 0.29) is 6.10 Å². The number of para-hydroxylation sites is 2. The van der Waals surface area contributed by atoms with E-state index in [1.807, 2.05) is 29.2 Å². The molecule has 1 aromatic carbocycles. The second-order valence-corrected chi connectivity index (χ2v) is 5.72. The lowest BCUT2D eigenvalue weighted by Crippen LogP contribution is -2.37. The lowest BCUT2D eigenvalue weighted by atomic mass is 10.0. The Balaban J connectivity index is 2.12. The number of aliphatic hydroxyl groups excluding tert-OH is 1. The highest BCUT2D eigenvalue weighted by Gasteiger charge is 2.30. The Morgan fingerprint density at radius 1 is 1.33 bits per heavy atom. The Morgan fingerprint density at radius 3 is 2.54 bits per heavy atom. The fourth-order valence-electron chi connectivity index (χ4n) is 2.85. The van der Waals surface area contributed by atoms with Crippen LogP contribution in [0.3, 0.4) is 0 Å². The Kier molecular flexibility index (Phi) is 4.58. The predicted molar refractivity (Wildman–Crippen MR) is 87.4 cm³/mol. The molecule has 124 valence electrons. The zero-order valence-corrected chi connectivity index (χ0v) is 13.3. The first-order valence-corrected chi connectivity index (χ1v) is 7.81. The second kappa shape index (κ2) is 6.81. The zero-order chi connectivity index (χ0) is 17.1. The Hall–Kier alpha value is -2.72. The second-order valence-electron chi connectivity index (χ2n) is 5.72. The van der Waals surface area contributed by atoms with Gasteiger partial charge in [0.15, 0.2) is 11.7 Å². The quantitative estimate of drug-likeness (QED) is 0.850. The summed E-state index contributed by atoms with van der Waals surface area (Å²) in [5.74, 6) is -1.27. The molecule has 0 saturated carbocycles. The Morgan fingerprint density at radius 2 is 1.96 bits per heavy atom. The number of rotatable bonds is 3. The third kappa shape index (κ3) is 3.01. The van der Waals surface area contributed by atoms with E-state index < -0.39 is 11.9 Å². The minimum atomic E-state index is -1.13. The number of nitrogens with zero attached hydrogens (tertiary/aromatic N) is 4. The first-order chi connectivity index (χ1) is 11.6. The number of aliphatic hydroxyl groups is 1. The van der Waals surface area contributed by atoms with Crippen molar-refractivity contribution in [3.05, 3.63) is 30.0 Å². The number of aromatic nitrogens is 2. The van der Waals surface area contributed by atoms with Crippen molar-refractivity contribution in [1.82, 2.24) is 9.97 Å². The fraction of sp³-hybridized carbons (Fsp3) is 0.412. The van der Waals surface area contributed by atoms with Crippen LogP contribution in [-0.4, -0.2) is 47.3 Å². The van der Waals surface area contributed by atoms with Crippen molar-refractivity contribution in [3.63, 3.8) is 0 Å². The van der Waals surface area contributed by atoms with Crippen LogP contribution >= 0.6 is 0 Å². The van der Waals surface area contributed by atoms with Gasteiger partial charge in [0, 0.05) is 13.1 Å². The minimum absolute atomic E-state index is 0.305. The molecule has 1 saturated heterocycles. The summed E-state index contributed by atoms with van der Waals surface area (Å²) in [6, 6.07) is 9.30. The molecule has 0 radical (unpaired) electrons. The number of piperidine rings is 1. The maximum atomic E-state index is 12.0. The number of anilines is 1. The zero-order valence-electron chi connectivity index (χ0n) is 13.3. The van der Waals surface area contributed by atoms with E-state index in [9.17, 15) is 15.2 Å². The molecule has 2 heterocycles. The molecule has 7 heteroatoms. The van der Waals surface area contributed by atoms with E-state index in [0.717, 1.165) is 0 Å². The lowest BCUT2D eigenvalue weighted by molar-refractivity contribution is -0.141. The van der Waals surface area contributed by atoms with Crippen molar-refractivity contribution in [3.8, 4) is 6.07 Å². The molecule has 0 amide bonds. The molecule has 1 fully saturated rings. The number of nitriles is 1. The molecule has 3 rings (SSSR count). The molecular weight excluding hydrogens is 308 g/mol. The summed E-state index contributed by atoms with van der Waals surface area (Å²) in [6.07, 6.45) is 0.901. The number of carbonyl (C=O) groups excluding carboxylic acids is 1. The molecule has 1 N–H and O–H groups in total. The van der Waals surface area contributed by atoms with Crippen LogP contribution in [0.25, 0.3) is 11.0 Å². The highest BCUT2D eigenvalue weighted by molar-refractivity contribution is 5.85. The number of ether oxygens (including phenoxy) is 1. The van der Waals surface area contributed by atoms with Crippen molar-refractivity contribution in [1.29, 1.82) is 5.26 Å². The number of fused-ring (bicyclic) bond motifs is 1. The molecular formula is C17H18N4O3. The average Bonchev–Trinajstić information content (AvgIpc) is 2.62. The summed E-state index contributed by atoms with van der Waals surface area (Å²) in [5.41, 5.74) is 1.63. The number of benzene rings is 1. The summed E-state index contributed by atoms with van der Waals surface area (Å²) in [7, 11) is 1.25. The van der Waals surface area contributed by atoms with Crippen LogP contribution in [0.15, 0.2) is 24.3 Å². The summed E-state index contributed by atoms with van der Waals surface area (Å²) < 4.78 is 4.74. The topological polar surface area (TPSA) is 99.3 Å². The van der Waals surface area contributed by atoms with E-state index in [4.69, 9.17) is 4.74 Å². The van der Waals surface area contributed by atoms with Gasteiger partial charge in [0.2, 0.25) is 0 Å². The average molecular weight is 326 g/mol. The number of methoxy groups -OCH3 is 1. The van der Waals surface area contributed by atoms with Gasteiger partial charge in [-0.1, -0.05) is 12.1 Å². The normalized spacial score (nSPS) is 16.6. The van der Waals surface area contributed by atoms with E-state index in [0.29, 0.717) is 48.5 Å². The standard InChI is InChI=1S/C17H18N4O3/c1-24-17(23)12(10-18)15-16(21-8-6-11(22)7-9-21)20-14-5-3-2-4-13(14)19-15/h2-5,11-12,22H,6-9H2,1H3/t12-/m0/s1. The van der Waals surface area contributed by atoms with Gasteiger partial charge in [-0.2, -0.15) is 5.26 Å². The van der Waals surface area contributed by atoms with Crippen LogP contribution < -0.4 is 4.90 Å². The number of carbonyl (C=O) groups is 1. The highest BCUT2D eigenvalue weighted by Crippen LogP contribution is 2.29. The van der Waals surface area contributed by atoms with Gasteiger partial charge >= 0.3 is 5.97 Å². The van der Waals surface area contributed by atoms with Gasteiger partial charge < -0.3 is 14.7 Å². The van der Waals surface area contributed by atoms with E-state index >= 15 is 0 Å². The number of hydrogen-bond donors (Lipinski definition) is 1. The van der Waals surface area contributed by atoms with Crippen molar-refractivity contribution in [2.45, 2.75) is 24.9 Å². The van der Waals surface area contributed by atoms with Gasteiger partial charge in [-0.25, -0.2) is 9.97 Å². The SMILES string of the molecule is COC(=O)[C@@H](C#N)c1nc2ccccc2nc1N1CCC(O)CC1. The molecule has 0 spiro atoms. The smallest absolute Gasteiger partial charge is 0.329 e. The van der Waals surface area contributed by atoms with Gasteiger partial charge in [0.05, 0.1) is 30.3 Å². The van der Waals surface area contributed by atoms with Crippen molar-refractivity contribution < 1.29 is 14.6 Å². The fourth-order valence-corrected chi connectivity index (χ4v) is 2.85. The molecule has 1 aliphatic rings. The van der Waals surface area contributed by atoms with Crippen LogP contribution in [0, 0.1) is 11.3 Å². The number of esters is 1. The molecule has 1 aromatic heterocycles. The maximum absolute atomic E-state index is 12.0. The third-order valence-corrected chi connectivity index (χ3v) is 4.18. The lowest BCUT2D eigenvalue weighted by Gasteiger charge is -2.32. The summed E-state index contributed by atoms with van der Waals surface area (Å²) in [6.45, 7) is 1.20. The highest BCUT2D eigenvalue weighted by atomic mass is 16.5. The van der Waals surface area contributed by atoms with E-state index in [1.54, 1.807) is 6.07 Å². The van der Waals surface area contributed by atoms with Crippen LogP contribution in [-0.2, 0) is 9.53 Å². The van der Waals surface area contributed by atoms with Gasteiger partial charge in [0.25, 0.3) is 0 Å². The summed E-state index contributed by atoms with van der Waals surface area (Å²) in [4.78, 5) is 23.1. The van der Waals surface area contributed by atoms with Crippen LogP contribution in [0.2, 0.25) is 0 Å². The van der Waals surface area contributed by atoms with Gasteiger partial charge in [-0.3, -0.25) is 4.79 Å². The van der Waals surface area contributed by atoms with Crippen LogP contribution in [0.5, 0.6) is 0 Å². The molecule has 0 bridgehead atoms. The van der Waals surface area contributed by atoms with E-state index in [2.05, 4.69) is 9.97 Å². The molecule has 7 nitrogen and oxygen atoms in total. The van der Waals surface area contributed by atoms with Crippen LogP contribution in [0.1, 0.15) is 24.5 Å². The maximum Gasteiger partial charge on any atom is 0.329 e. The molecule has 2 aromatic rings.